The van der Waals surface area contributed by atoms with Gasteiger partial charge in [0.2, 0.25) is 5.91 Å². The van der Waals surface area contributed by atoms with E-state index in [-0.39, 0.29) is 35.9 Å². The molecule has 2 saturated heterocycles. The summed E-state index contributed by atoms with van der Waals surface area (Å²) in [5.74, 6) is 0.229. The highest BCUT2D eigenvalue weighted by molar-refractivity contribution is 7.08. The van der Waals surface area contributed by atoms with E-state index in [2.05, 4.69) is 5.32 Å². The van der Waals surface area contributed by atoms with E-state index in [1.807, 2.05) is 17.2 Å². The molecule has 0 saturated carbocycles. The lowest BCUT2D eigenvalue weighted by Gasteiger charge is -2.25. The number of hydrogen-bond donors (Lipinski definition) is 1. The summed E-state index contributed by atoms with van der Waals surface area (Å²) in [6, 6.07) is 0.340. The quantitative estimate of drug-likeness (QED) is 0.837. The summed E-state index contributed by atoms with van der Waals surface area (Å²) in [6.07, 6.45) is 3.23. The molecule has 2 amide bonds. The largest absolute Gasteiger partial charge is 0.384 e. The Balaban J connectivity index is 1.62. The summed E-state index contributed by atoms with van der Waals surface area (Å²) in [5.41, 5.74) is 0.583. The van der Waals surface area contributed by atoms with Crippen molar-refractivity contribution in [2.24, 2.45) is 5.92 Å². The highest BCUT2D eigenvalue weighted by Gasteiger charge is 2.49. The lowest BCUT2D eigenvalue weighted by Crippen LogP contribution is -2.45. The average Bonchev–Trinajstić information content (AvgIpc) is 3.20. The van der Waals surface area contributed by atoms with Crippen LogP contribution in [0, 0.1) is 5.92 Å². The molecule has 0 radical (unpaired) electrons. The van der Waals surface area contributed by atoms with Gasteiger partial charge in [-0.3, -0.25) is 9.59 Å². The first-order chi connectivity index (χ1) is 11.5. The summed E-state index contributed by atoms with van der Waals surface area (Å²) < 4.78 is 5.08. The van der Waals surface area contributed by atoms with Crippen LogP contribution in [-0.2, 0) is 9.53 Å². The molecule has 2 aliphatic heterocycles. The predicted molar refractivity (Wildman–Crippen MR) is 94.5 cm³/mol. The van der Waals surface area contributed by atoms with Gasteiger partial charge in [-0.1, -0.05) is 18.5 Å². The highest BCUT2D eigenvalue weighted by atomic mass is 35.5. The molecule has 2 aliphatic rings. The van der Waals surface area contributed by atoms with E-state index in [0.717, 1.165) is 19.3 Å². The number of nitrogens with one attached hydrogen (secondary N) is 1. The second-order valence-corrected chi connectivity index (χ2v) is 7.97. The molecule has 132 valence electrons. The second-order valence-electron chi connectivity index (χ2n) is 6.82. The summed E-state index contributed by atoms with van der Waals surface area (Å²) >= 11 is 7.56. The third kappa shape index (κ3) is 3.46. The van der Waals surface area contributed by atoms with E-state index in [4.69, 9.17) is 16.3 Å². The Labute approximate surface area is 151 Å². The molecule has 4 atom stereocenters. The fourth-order valence-corrected chi connectivity index (χ4v) is 4.99. The lowest BCUT2D eigenvalue weighted by atomic mass is 9.95. The molecule has 0 aromatic carbocycles. The molecular weight excluding hydrogens is 348 g/mol. The zero-order chi connectivity index (χ0) is 17.3. The predicted octanol–water partition coefficient (Wildman–Crippen LogP) is 2.94. The van der Waals surface area contributed by atoms with Crippen molar-refractivity contribution in [2.75, 3.05) is 13.7 Å². The molecule has 0 spiro atoms. The number of carbonyl (C=O) groups excluding carboxylic acids is 2. The number of thiophene rings is 1. The Morgan fingerprint density at radius 3 is 2.92 bits per heavy atom. The van der Waals surface area contributed by atoms with Gasteiger partial charge in [-0.15, -0.1) is 11.3 Å². The standard InChI is InChI=1S/C17H23ClN2O3S/c1-10(7-23-2)5-16(21)19-14-6-11-3-4-15(14)20(11)17(22)12-8-24-9-13(12)18/h8-11,14-15H,3-7H2,1-2H3,(H,19,21)/t10?,11-,14+,15+/m0/s1. The van der Waals surface area contributed by atoms with Crippen molar-refractivity contribution in [3.8, 4) is 0 Å². The van der Waals surface area contributed by atoms with E-state index in [9.17, 15) is 9.59 Å². The summed E-state index contributed by atoms with van der Waals surface area (Å²) in [7, 11) is 1.64. The van der Waals surface area contributed by atoms with Crippen LogP contribution in [0.4, 0.5) is 0 Å². The molecule has 0 aliphatic carbocycles. The first-order valence-corrected chi connectivity index (χ1v) is 9.66. The minimum absolute atomic E-state index is 0.00162. The van der Waals surface area contributed by atoms with Crippen molar-refractivity contribution in [3.05, 3.63) is 21.3 Å². The number of ether oxygens (including phenoxy) is 1. The Morgan fingerprint density at radius 1 is 1.46 bits per heavy atom. The second kappa shape index (κ2) is 7.42. The molecule has 1 N–H and O–H groups in total. The van der Waals surface area contributed by atoms with Gasteiger partial charge in [0.05, 0.1) is 22.7 Å². The van der Waals surface area contributed by atoms with Crippen LogP contribution < -0.4 is 5.32 Å². The molecule has 24 heavy (non-hydrogen) atoms. The van der Waals surface area contributed by atoms with Crippen LogP contribution in [0.2, 0.25) is 5.02 Å². The van der Waals surface area contributed by atoms with Crippen LogP contribution in [0.15, 0.2) is 10.8 Å². The van der Waals surface area contributed by atoms with E-state index in [1.165, 1.54) is 11.3 Å². The smallest absolute Gasteiger partial charge is 0.256 e. The molecule has 5 nitrogen and oxygen atoms in total. The highest BCUT2D eigenvalue weighted by Crippen LogP contribution is 2.39. The first kappa shape index (κ1) is 17.7. The van der Waals surface area contributed by atoms with Gasteiger partial charge in [0.25, 0.3) is 5.91 Å². The van der Waals surface area contributed by atoms with Crippen molar-refractivity contribution in [3.63, 3.8) is 0 Å². The normalized spacial score (nSPS) is 26.6. The number of amides is 2. The van der Waals surface area contributed by atoms with Crippen molar-refractivity contribution in [1.29, 1.82) is 0 Å². The third-order valence-electron chi connectivity index (χ3n) is 4.95. The molecule has 3 rings (SSSR count). The van der Waals surface area contributed by atoms with Gasteiger partial charge < -0.3 is 15.0 Å². The maximum atomic E-state index is 12.8. The monoisotopic (exact) mass is 370 g/mol. The fourth-order valence-electron chi connectivity index (χ4n) is 3.96. The topological polar surface area (TPSA) is 58.6 Å². The Hall–Kier alpha value is -1.11. The van der Waals surface area contributed by atoms with Crippen molar-refractivity contribution in [2.45, 2.75) is 50.7 Å². The lowest BCUT2D eigenvalue weighted by molar-refractivity contribution is -0.123. The van der Waals surface area contributed by atoms with Gasteiger partial charge in [0.1, 0.15) is 0 Å². The molecule has 2 fully saturated rings. The van der Waals surface area contributed by atoms with Crippen LogP contribution in [0.1, 0.15) is 43.0 Å². The van der Waals surface area contributed by atoms with E-state index in [1.54, 1.807) is 12.5 Å². The number of nitrogens with zero attached hydrogens (tertiary/aromatic N) is 1. The number of rotatable bonds is 6. The van der Waals surface area contributed by atoms with Crippen LogP contribution in [0.3, 0.4) is 0 Å². The van der Waals surface area contributed by atoms with Crippen molar-refractivity contribution < 1.29 is 14.3 Å². The number of methoxy groups -OCH3 is 1. The maximum absolute atomic E-state index is 12.8. The number of hydrogen-bond acceptors (Lipinski definition) is 4. The zero-order valence-electron chi connectivity index (χ0n) is 14.0. The van der Waals surface area contributed by atoms with Gasteiger partial charge in [-0.2, -0.15) is 0 Å². The van der Waals surface area contributed by atoms with Gasteiger partial charge in [0.15, 0.2) is 0 Å². The number of fused-ring (bicyclic) bond motifs is 2. The summed E-state index contributed by atoms with van der Waals surface area (Å²) in [5, 5.41) is 7.23. The minimum atomic E-state index is -0.00162. The number of halogens is 1. The minimum Gasteiger partial charge on any atom is -0.384 e. The van der Waals surface area contributed by atoms with Crippen molar-refractivity contribution in [1.82, 2.24) is 10.2 Å². The van der Waals surface area contributed by atoms with Crippen LogP contribution in [0.25, 0.3) is 0 Å². The molecule has 1 aromatic heterocycles. The van der Waals surface area contributed by atoms with Crippen LogP contribution in [-0.4, -0.2) is 48.6 Å². The molecule has 2 bridgehead atoms. The molecule has 3 heterocycles. The third-order valence-corrected chi connectivity index (χ3v) is 6.13. The average molecular weight is 371 g/mol. The summed E-state index contributed by atoms with van der Waals surface area (Å²) in [6.45, 7) is 2.57. The molecule has 7 heteroatoms. The van der Waals surface area contributed by atoms with Crippen LogP contribution in [0.5, 0.6) is 0 Å². The van der Waals surface area contributed by atoms with Gasteiger partial charge in [0, 0.05) is 36.9 Å². The van der Waals surface area contributed by atoms with E-state index in [0.29, 0.717) is 23.6 Å². The van der Waals surface area contributed by atoms with Crippen LogP contribution >= 0.6 is 22.9 Å². The Morgan fingerprint density at radius 2 is 2.25 bits per heavy atom. The maximum Gasteiger partial charge on any atom is 0.256 e. The Kier molecular flexibility index (Phi) is 5.47. The number of carbonyl (C=O) groups is 2. The SMILES string of the molecule is COCC(C)CC(=O)N[C@@H]1C[C@@H]2CC[C@H]1N2C(=O)c1cscc1Cl. The summed E-state index contributed by atoms with van der Waals surface area (Å²) in [4.78, 5) is 27.0. The Bertz CT molecular complexity index is 621. The van der Waals surface area contributed by atoms with E-state index >= 15 is 0 Å². The van der Waals surface area contributed by atoms with Gasteiger partial charge in [-0.25, -0.2) is 0 Å². The molecule has 1 unspecified atom stereocenters. The fraction of sp³-hybridized carbons (Fsp3) is 0.647. The zero-order valence-corrected chi connectivity index (χ0v) is 15.5. The van der Waals surface area contributed by atoms with Gasteiger partial charge >= 0.3 is 0 Å². The van der Waals surface area contributed by atoms with Gasteiger partial charge in [-0.05, 0) is 25.2 Å². The van der Waals surface area contributed by atoms with E-state index < -0.39 is 0 Å². The first-order valence-electron chi connectivity index (χ1n) is 8.34. The van der Waals surface area contributed by atoms with Crippen molar-refractivity contribution >= 4 is 34.8 Å². The molecular formula is C17H23ClN2O3S. The molecule has 1 aromatic rings.